The lowest BCUT2D eigenvalue weighted by atomic mass is 10.0. The number of likely N-dealkylation sites (N-methyl/N-ethyl adjacent to an activating group) is 2. The van der Waals surface area contributed by atoms with Crippen LogP contribution < -0.4 is 21.7 Å². The molecule has 0 aliphatic rings. The van der Waals surface area contributed by atoms with Gasteiger partial charge in [-0.25, -0.2) is 4.79 Å². The summed E-state index contributed by atoms with van der Waals surface area (Å²) >= 11 is 0. The fraction of sp³-hybridized carbons (Fsp3) is 0.550. The largest absolute Gasteiger partial charge is 0.445 e. The highest BCUT2D eigenvalue weighted by atomic mass is 16.5. The number of carbonyl (C=O) groups excluding carboxylic acids is 3. The van der Waals surface area contributed by atoms with E-state index in [9.17, 15) is 14.4 Å². The van der Waals surface area contributed by atoms with Gasteiger partial charge in [0.15, 0.2) is 0 Å². The third-order valence-electron chi connectivity index (χ3n) is 3.97. The van der Waals surface area contributed by atoms with Crippen LogP contribution in [0.1, 0.15) is 33.3 Å². The first-order valence-electron chi connectivity index (χ1n) is 9.29. The number of rotatable bonds is 8. The van der Waals surface area contributed by atoms with E-state index >= 15 is 0 Å². The number of primary amides is 1. The third kappa shape index (κ3) is 9.91. The number of alkyl carbamates (subject to hydrolysis) is 1. The molecule has 1 aromatic carbocycles. The number of amides is 3. The van der Waals surface area contributed by atoms with E-state index in [2.05, 4.69) is 16.0 Å². The number of carbonyl (C=O) groups is 3. The van der Waals surface area contributed by atoms with Gasteiger partial charge < -0.3 is 26.4 Å². The second-order valence-corrected chi connectivity index (χ2v) is 6.95. The fourth-order valence-electron chi connectivity index (χ4n) is 2.39. The van der Waals surface area contributed by atoms with Crippen LogP contribution in [0.3, 0.4) is 0 Å². The Bertz CT molecular complexity index is 605. The molecule has 0 radical (unpaired) electrons. The highest BCUT2D eigenvalue weighted by Gasteiger charge is 2.23. The Morgan fingerprint density at radius 2 is 1.50 bits per heavy atom. The molecule has 1 aromatic rings. The Morgan fingerprint density at radius 1 is 0.964 bits per heavy atom. The Morgan fingerprint density at radius 3 is 1.86 bits per heavy atom. The van der Waals surface area contributed by atoms with Crippen molar-refractivity contribution in [3.8, 4) is 0 Å². The van der Waals surface area contributed by atoms with Crippen molar-refractivity contribution in [3.05, 3.63) is 35.9 Å². The van der Waals surface area contributed by atoms with Crippen LogP contribution >= 0.6 is 0 Å². The van der Waals surface area contributed by atoms with E-state index in [4.69, 9.17) is 10.5 Å². The molecule has 5 N–H and O–H groups in total. The molecule has 0 spiro atoms. The molecule has 0 aromatic heterocycles. The third-order valence-corrected chi connectivity index (χ3v) is 3.97. The van der Waals surface area contributed by atoms with Gasteiger partial charge in [-0.15, -0.1) is 0 Å². The lowest BCUT2D eigenvalue weighted by Crippen LogP contribution is -2.48. The molecular weight excluding hydrogens is 360 g/mol. The van der Waals surface area contributed by atoms with Crippen LogP contribution in [0.4, 0.5) is 4.79 Å². The first kappa shape index (κ1) is 25.4. The number of benzene rings is 1. The summed E-state index contributed by atoms with van der Waals surface area (Å²) in [6.45, 7) is 7.80. The highest BCUT2D eigenvalue weighted by Crippen LogP contribution is 2.04. The van der Waals surface area contributed by atoms with Gasteiger partial charge in [0.25, 0.3) is 0 Å². The molecule has 2 atom stereocenters. The van der Waals surface area contributed by atoms with Gasteiger partial charge in [-0.1, -0.05) is 58.0 Å². The van der Waals surface area contributed by atoms with E-state index in [1.165, 1.54) is 7.05 Å². The van der Waals surface area contributed by atoms with Gasteiger partial charge in [-0.05, 0) is 24.4 Å². The minimum absolute atomic E-state index is 0.00998. The Hall–Kier alpha value is -2.61. The number of ether oxygens (including phenoxy) is 1. The van der Waals surface area contributed by atoms with Crippen LogP contribution in [0.2, 0.25) is 0 Å². The first-order chi connectivity index (χ1) is 13.1. The van der Waals surface area contributed by atoms with Crippen molar-refractivity contribution in [2.24, 2.45) is 17.6 Å². The molecule has 0 unspecified atom stereocenters. The SMILES string of the molecule is CNC(=O)[C@@H](NC(=O)OCc1ccccc1)C(C)C.CN[C@H](C(N)=O)C(C)C. The summed E-state index contributed by atoms with van der Waals surface area (Å²) in [5.41, 5.74) is 5.95. The van der Waals surface area contributed by atoms with Gasteiger partial charge in [-0.3, -0.25) is 9.59 Å². The lowest BCUT2D eigenvalue weighted by molar-refractivity contribution is -0.123. The maximum Gasteiger partial charge on any atom is 0.408 e. The molecule has 0 aliphatic heterocycles. The number of hydrogen-bond donors (Lipinski definition) is 4. The van der Waals surface area contributed by atoms with E-state index in [1.807, 2.05) is 58.0 Å². The van der Waals surface area contributed by atoms with E-state index in [0.29, 0.717) is 0 Å². The summed E-state index contributed by atoms with van der Waals surface area (Å²) in [4.78, 5) is 33.8. The van der Waals surface area contributed by atoms with Crippen molar-refractivity contribution < 1.29 is 19.1 Å². The molecule has 3 amide bonds. The smallest absolute Gasteiger partial charge is 0.408 e. The van der Waals surface area contributed by atoms with Crippen LogP contribution in [0, 0.1) is 11.8 Å². The summed E-state index contributed by atoms with van der Waals surface area (Å²) in [7, 11) is 3.27. The van der Waals surface area contributed by atoms with Crippen molar-refractivity contribution in [2.75, 3.05) is 14.1 Å². The number of hydrogen-bond acceptors (Lipinski definition) is 5. The minimum Gasteiger partial charge on any atom is -0.445 e. The van der Waals surface area contributed by atoms with Gasteiger partial charge in [0.1, 0.15) is 12.6 Å². The normalized spacial score (nSPS) is 12.4. The standard InChI is InChI=1S/C14H20N2O3.C6H14N2O/c1-10(2)12(13(17)15-3)16-14(18)19-9-11-7-5-4-6-8-11;1-4(2)5(8-3)6(7)9/h4-8,10,12H,9H2,1-3H3,(H,15,17)(H,16,18);4-5,8H,1-3H3,(H2,7,9)/t12-;5-/m00/s1. The molecule has 28 heavy (non-hydrogen) atoms. The monoisotopic (exact) mass is 394 g/mol. The van der Waals surface area contributed by atoms with Crippen molar-refractivity contribution in [3.63, 3.8) is 0 Å². The predicted octanol–water partition coefficient (Wildman–Crippen LogP) is 1.40. The second-order valence-electron chi connectivity index (χ2n) is 6.95. The molecule has 0 heterocycles. The van der Waals surface area contributed by atoms with Crippen LogP contribution in [0.25, 0.3) is 0 Å². The lowest BCUT2D eigenvalue weighted by Gasteiger charge is -2.20. The minimum atomic E-state index is -0.592. The van der Waals surface area contributed by atoms with Crippen LogP contribution in [0.15, 0.2) is 30.3 Å². The maximum atomic E-state index is 11.6. The van der Waals surface area contributed by atoms with Crippen molar-refractivity contribution >= 4 is 17.9 Å². The van der Waals surface area contributed by atoms with E-state index in [-0.39, 0.29) is 36.3 Å². The van der Waals surface area contributed by atoms with Crippen molar-refractivity contribution in [1.29, 1.82) is 0 Å². The van der Waals surface area contributed by atoms with Crippen molar-refractivity contribution in [1.82, 2.24) is 16.0 Å². The summed E-state index contributed by atoms with van der Waals surface area (Å²) in [6, 6.07) is 8.59. The quantitative estimate of drug-likeness (QED) is 0.531. The highest BCUT2D eigenvalue weighted by molar-refractivity contribution is 5.85. The topological polar surface area (TPSA) is 123 Å². The van der Waals surface area contributed by atoms with Gasteiger partial charge in [0, 0.05) is 7.05 Å². The van der Waals surface area contributed by atoms with E-state index in [1.54, 1.807) is 7.05 Å². The summed E-state index contributed by atoms with van der Waals surface area (Å²) < 4.78 is 5.07. The average Bonchev–Trinajstić information content (AvgIpc) is 2.65. The second kappa shape index (κ2) is 13.5. The van der Waals surface area contributed by atoms with Gasteiger partial charge in [0.05, 0.1) is 6.04 Å². The molecule has 1 rings (SSSR count). The molecule has 8 heteroatoms. The van der Waals surface area contributed by atoms with Crippen LogP contribution in [-0.4, -0.2) is 44.1 Å². The summed E-state index contributed by atoms with van der Waals surface area (Å²) in [6.07, 6.45) is -0.592. The molecule has 8 nitrogen and oxygen atoms in total. The molecule has 0 saturated carbocycles. The molecular formula is C20H34N4O4. The fourth-order valence-corrected chi connectivity index (χ4v) is 2.39. The summed E-state index contributed by atoms with van der Waals surface area (Å²) in [5.74, 6) is -0.254. The van der Waals surface area contributed by atoms with Crippen molar-refractivity contribution in [2.45, 2.75) is 46.4 Å². The Balaban J connectivity index is 0.000000684. The zero-order valence-corrected chi connectivity index (χ0v) is 17.6. The van der Waals surface area contributed by atoms with Gasteiger partial charge in [-0.2, -0.15) is 0 Å². The van der Waals surface area contributed by atoms with Crippen LogP contribution in [-0.2, 0) is 20.9 Å². The predicted molar refractivity (Wildman–Crippen MR) is 109 cm³/mol. The average molecular weight is 395 g/mol. The molecule has 0 bridgehead atoms. The zero-order valence-electron chi connectivity index (χ0n) is 17.6. The molecule has 0 saturated heterocycles. The molecule has 0 aliphatic carbocycles. The van der Waals surface area contributed by atoms with E-state index < -0.39 is 12.1 Å². The Kier molecular flexibility index (Phi) is 12.3. The Labute approximate surface area is 167 Å². The molecule has 0 fully saturated rings. The maximum absolute atomic E-state index is 11.6. The van der Waals surface area contributed by atoms with Gasteiger partial charge >= 0.3 is 6.09 Å². The number of nitrogens with two attached hydrogens (primary N) is 1. The number of nitrogens with one attached hydrogen (secondary N) is 3. The van der Waals surface area contributed by atoms with Gasteiger partial charge in [0.2, 0.25) is 11.8 Å². The zero-order chi connectivity index (χ0) is 21.7. The summed E-state index contributed by atoms with van der Waals surface area (Å²) in [5, 5.41) is 7.91. The van der Waals surface area contributed by atoms with Crippen LogP contribution in [0.5, 0.6) is 0 Å². The molecule has 158 valence electrons. The first-order valence-corrected chi connectivity index (χ1v) is 9.29. The van der Waals surface area contributed by atoms with E-state index in [0.717, 1.165) is 5.56 Å².